The molecule has 0 fully saturated rings. The summed E-state index contributed by atoms with van der Waals surface area (Å²) in [6.45, 7) is 3.37. The highest BCUT2D eigenvalue weighted by atomic mass is 79.9. The zero-order chi connectivity index (χ0) is 13.1. The van der Waals surface area contributed by atoms with E-state index in [0.29, 0.717) is 13.0 Å². The molecular formula is C13H17BrN2O2. The van der Waals surface area contributed by atoms with E-state index < -0.39 is 0 Å². The van der Waals surface area contributed by atoms with E-state index in [1.165, 1.54) is 5.56 Å². The molecule has 2 rings (SSSR count). The van der Waals surface area contributed by atoms with Gasteiger partial charge in [0.2, 0.25) is 5.91 Å². The van der Waals surface area contributed by atoms with E-state index in [-0.39, 0.29) is 11.9 Å². The summed E-state index contributed by atoms with van der Waals surface area (Å²) in [7, 11) is 0. The van der Waals surface area contributed by atoms with Crippen LogP contribution in [0.3, 0.4) is 0 Å². The van der Waals surface area contributed by atoms with E-state index in [2.05, 4.69) is 27.3 Å². The topological polar surface area (TPSA) is 64.4 Å². The first-order valence-corrected chi connectivity index (χ1v) is 6.81. The quantitative estimate of drug-likeness (QED) is 0.870. The Morgan fingerprint density at radius 2 is 2.39 bits per heavy atom. The van der Waals surface area contributed by atoms with Crippen LogP contribution in [0, 0.1) is 0 Å². The highest BCUT2D eigenvalue weighted by molar-refractivity contribution is 9.10. The lowest BCUT2D eigenvalue weighted by atomic mass is 10.1. The van der Waals surface area contributed by atoms with Crippen LogP contribution in [0.15, 0.2) is 16.6 Å². The van der Waals surface area contributed by atoms with E-state index in [1.54, 1.807) is 0 Å². The molecule has 0 saturated carbocycles. The van der Waals surface area contributed by atoms with Crippen molar-refractivity contribution < 1.29 is 9.53 Å². The molecule has 1 aromatic rings. The van der Waals surface area contributed by atoms with Crippen LogP contribution < -0.4 is 15.8 Å². The van der Waals surface area contributed by atoms with Gasteiger partial charge in [0.1, 0.15) is 5.75 Å². The van der Waals surface area contributed by atoms with Gasteiger partial charge in [0.15, 0.2) is 0 Å². The summed E-state index contributed by atoms with van der Waals surface area (Å²) in [5, 5.41) is 3.29. The fourth-order valence-corrected chi connectivity index (χ4v) is 2.69. The molecule has 0 radical (unpaired) electrons. The van der Waals surface area contributed by atoms with Gasteiger partial charge >= 0.3 is 0 Å². The number of benzene rings is 1. The fraction of sp³-hybridized carbons (Fsp3) is 0.462. The molecule has 1 amide bonds. The molecule has 1 aliphatic rings. The molecule has 5 heteroatoms. The molecule has 1 aliphatic heterocycles. The van der Waals surface area contributed by atoms with Crippen molar-refractivity contribution in [3.05, 3.63) is 27.7 Å². The number of hydrogen-bond acceptors (Lipinski definition) is 3. The van der Waals surface area contributed by atoms with E-state index in [9.17, 15) is 4.79 Å². The number of rotatable bonds is 5. The number of nitrogens with one attached hydrogen (secondary N) is 1. The third-order valence-corrected chi connectivity index (χ3v) is 3.43. The molecule has 0 spiro atoms. The molecule has 1 aromatic carbocycles. The molecule has 0 bridgehead atoms. The Labute approximate surface area is 115 Å². The van der Waals surface area contributed by atoms with Crippen LogP contribution in [0.5, 0.6) is 5.75 Å². The van der Waals surface area contributed by atoms with Gasteiger partial charge in [-0.05, 0) is 24.6 Å². The van der Waals surface area contributed by atoms with Crippen molar-refractivity contribution in [2.24, 2.45) is 5.73 Å². The van der Waals surface area contributed by atoms with Gasteiger partial charge in [0.05, 0.1) is 6.61 Å². The van der Waals surface area contributed by atoms with Crippen LogP contribution in [0.2, 0.25) is 0 Å². The molecule has 4 nitrogen and oxygen atoms in total. The van der Waals surface area contributed by atoms with Gasteiger partial charge in [-0.15, -0.1) is 0 Å². The summed E-state index contributed by atoms with van der Waals surface area (Å²) in [5.74, 6) is 0.697. The van der Waals surface area contributed by atoms with Crippen LogP contribution in [0.1, 0.15) is 24.5 Å². The van der Waals surface area contributed by atoms with Crippen molar-refractivity contribution in [2.75, 3.05) is 6.61 Å². The Kier molecular flexibility index (Phi) is 4.24. The highest BCUT2D eigenvalue weighted by Crippen LogP contribution is 2.32. The Morgan fingerprint density at radius 1 is 1.61 bits per heavy atom. The molecule has 3 N–H and O–H groups in total. The molecule has 0 saturated heterocycles. The summed E-state index contributed by atoms with van der Waals surface area (Å²) in [6.07, 6.45) is 1.30. The number of carbonyl (C=O) groups is 1. The maximum atomic E-state index is 10.8. The first kappa shape index (κ1) is 13.4. The number of fused-ring (bicyclic) bond motifs is 1. The average Bonchev–Trinajstić information content (AvgIpc) is 2.72. The third-order valence-electron chi connectivity index (χ3n) is 2.97. The molecule has 0 aromatic heterocycles. The zero-order valence-electron chi connectivity index (χ0n) is 10.3. The number of halogens is 1. The number of ether oxygens (including phenoxy) is 1. The maximum Gasteiger partial charge on any atom is 0.218 e. The van der Waals surface area contributed by atoms with E-state index >= 15 is 0 Å². The van der Waals surface area contributed by atoms with Gasteiger partial charge in [-0.2, -0.15) is 0 Å². The monoisotopic (exact) mass is 312 g/mol. The summed E-state index contributed by atoms with van der Waals surface area (Å²) in [4.78, 5) is 10.8. The van der Waals surface area contributed by atoms with Gasteiger partial charge in [0.25, 0.3) is 0 Å². The Hall–Kier alpha value is -1.07. The van der Waals surface area contributed by atoms with Crippen LogP contribution in [-0.4, -0.2) is 18.6 Å². The largest absolute Gasteiger partial charge is 0.493 e. The van der Waals surface area contributed by atoms with Crippen LogP contribution in [0.25, 0.3) is 0 Å². The first-order valence-electron chi connectivity index (χ1n) is 6.02. The van der Waals surface area contributed by atoms with E-state index in [1.807, 2.05) is 13.0 Å². The predicted molar refractivity (Wildman–Crippen MR) is 73.5 cm³/mol. The van der Waals surface area contributed by atoms with Crippen LogP contribution >= 0.6 is 15.9 Å². The van der Waals surface area contributed by atoms with Gasteiger partial charge in [-0.25, -0.2) is 0 Å². The summed E-state index contributed by atoms with van der Waals surface area (Å²) in [5.41, 5.74) is 7.52. The molecule has 0 aliphatic carbocycles. The number of nitrogens with two attached hydrogens (primary N) is 1. The van der Waals surface area contributed by atoms with Crippen molar-refractivity contribution in [3.63, 3.8) is 0 Å². The van der Waals surface area contributed by atoms with E-state index in [4.69, 9.17) is 10.5 Å². The molecule has 1 heterocycles. The van der Waals surface area contributed by atoms with Crippen molar-refractivity contribution in [1.29, 1.82) is 0 Å². The second-order valence-electron chi connectivity index (χ2n) is 4.60. The van der Waals surface area contributed by atoms with Gasteiger partial charge in [0, 0.05) is 35.5 Å². The highest BCUT2D eigenvalue weighted by Gasteiger charge is 2.17. The zero-order valence-corrected chi connectivity index (χ0v) is 11.9. The number of hydrogen-bond donors (Lipinski definition) is 2. The lowest BCUT2D eigenvalue weighted by molar-refractivity contribution is -0.118. The lowest BCUT2D eigenvalue weighted by Crippen LogP contribution is -2.30. The molecule has 1 unspecified atom stereocenters. The van der Waals surface area contributed by atoms with Crippen LogP contribution in [-0.2, 0) is 17.8 Å². The fourth-order valence-electron chi connectivity index (χ4n) is 2.14. The second kappa shape index (κ2) is 5.71. The summed E-state index contributed by atoms with van der Waals surface area (Å²) < 4.78 is 6.71. The number of carbonyl (C=O) groups excluding carboxylic acids is 1. The normalized spacial score (nSPS) is 15.0. The van der Waals surface area contributed by atoms with E-state index in [0.717, 1.165) is 28.8 Å². The first-order chi connectivity index (χ1) is 8.56. The van der Waals surface area contributed by atoms with Gasteiger partial charge < -0.3 is 15.8 Å². The van der Waals surface area contributed by atoms with Crippen molar-refractivity contribution >= 4 is 21.8 Å². The SMILES string of the molecule is CC(CC(N)=O)NCc1cc(Br)cc2c1OCC2. The Bertz CT molecular complexity index is 463. The van der Waals surface area contributed by atoms with Crippen molar-refractivity contribution in [3.8, 4) is 5.75 Å². The predicted octanol–water partition coefficient (Wildman–Crippen LogP) is 1.74. The molecule has 18 heavy (non-hydrogen) atoms. The number of primary amides is 1. The summed E-state index contributed by atoms with van der Waals surface area (Å²) in [6, 6.07) is 4.21. The van der Waals surface area contributed by atoms with Gasteiger partial charge in [-0.3, -0.25) is 4.79 Å². The molecular weight excluding hydrogens is 296 g/mol. The Morgan fingerprint density at radius 3 is 3.11 bits per heavy atom. The Balaban J connectivity index is 2.03. The minimum Gasteiger partial charge on any atom is -0.493 e. The minimum atomic E-state index is -0.286. The molecule has 1 atom stereocenters. The number of amides is 1. The average molecular weight is 313 g/mol. The molecule has 98 valence electrons. The standard InChI is InChI=1S/C13H17BrN2O2/c1-8(4-12(15)17)16-7-10-6-11(14)5-9-2-3-18-13(9)10/h5-6,8,16H,2-4,7H2,1H3,(H2,15,17). The van der Waals surface area contributed by atoms with Crippen molar-refractivity contribution in [1.82, 2.24) is 5.32 Å². The van der Waals surface area contributed by atoms with Gasteiger partial charge in [-0.1, -0.05) is 15.9 Å². The summed E-state index contributed by atoms with van der Waals surface area (Å²) >= 11 is 3.51. The minimum absolute atomic E-state index is 0.0681. The van der Waals surface area contributed by atoms with Crippen molar-refractivity contribution in [2.45, 2.75) is 32.4 Å². The lowest BCUT2D eigenvalue weighted by Gasteiger charge is -2.14. The second-order valence-corrected chi connectivity index (χ2v) is 5.52. The van der Waals surface area contributed by atoms with Crippen LogP contribution in [0.4, 0.5) is 0 Å². The maximum absolute atomic E-state index is 10.8. The third kappa shape index (κ3) is 3.23. The smallest absolute Gasteiger partial charge is 0.218 e.